The molecule has 1 aliphatic heterocycles. The average Bonchev–Trinajstić information content (AvgIpc) is 3.29. The Morgan fingerprint density at radius 1 is 1.22 bits per heavy atom. The van der Waals surface area contributed by atoms with Crippen LogP contribution in [0.3, 0.4) is 0 Å². The maximum atomic E-state index is 12.7. The number of thiophene rings is 1. The van der Waals surface area contributed by atoms with E-state index in [2.05, 4.69) is 22.1 Å². The molecule has 27 heavy (non-hydrogen) atoms. The quantitative estimate of drug-likeness (QED) is 0.668. The Hall–Kier alpha value is -1.73. The van der Waals surface area contributed by atoms with Crippen molar-refractivity contribution in [3.8, 4) is 0 Å². The number of carbonyl (C=O) groups is 1. The lowest BCUT2D eigenvalue weighted by Gasteiger charge is -2.13. The summed E-state index contributed by atoms with van der Waals surface area (Å²) in [7, 11) is 0. The number of unbranched alkanes of at least 4 members (excludes halogenated alkanes) is 2. The molecule has 2 aromatic heterocycles. The van der Waals surface area contributed by atoms with Gasteiger partial charge in [0.25, 0.3) is 11.5 Å². The molecule has 6 nitrogen and oxygen atoms in total. The molecule has 2 aromatic rings. The van der Waals surface area contributed by atoms with E-state index in [0.29, 0.717) is 28.2 Å². The van der Waals surface area contributed by atoms with Gasteiger partial charge in [-0.05, 0) is 64.2 Å². The molecule has 0 spiro atoms. The third-order valence-corrected chi connectivity index (χ3v) is 6.46. The zero-order valence-electron chi connectivity index (χ0n) is 16.4. The highest BCUT2D eigenvalue weighted by Crippen LogP contribution is 2.26. The summed E-state index contributed by atoms with van der Waals surface area (Å²) in [6, 6.07) is 0. The number of rotatable bonds is 9. The normalized spacial score (nSPS) is 14.9. The highest BCUT2D eigenvalue weighted by Gasteiger charge is 2.19. The fourth-order valence-corrected chi connectivity index (χ4v) is 4.67. The van der Waals surface area contributed by atoms with Crippen molar-refractivity contribution in [2.24, 2.45) is 0 Å². The Labute approximate surface area is 164 Å². The highest BCUT2D eigenvalue weighted by molar-refractivity contribution is 7.20. The van der Waals surface area contributed by atoms with Crippen molar-refractivity contribution in [2.45, 2.75) is 58.9 Å². The molecule has 7 heteroatoms. The molecular formula is C20H30N4O2S. The van der Waals surface area contributed by atoms with E-state index in [1.54, 1.807) is 10.9 Å². The number of aromatic nitrogens is 2. The maximum absolute atomic E-state index is 12.7. The number of likely N-dealkylation sites (tertiary alicyclic amines) is 1. The summed E-state index contributed by atoms with van der Waals surface area (Å²) in [5.41, 5.74) is 0.722. The van der Waals surface area contributed by atoms with Crippen LogP contribution in [0.25, 0.3) is 10.2 Å². The number of amides is 1. The number of fused-ring (bicyclic) bond motifs is 1. The number of hydrogen-bond donors (Lipinski definition) is 1. The van der Waals surface area contributed by atoms with Gasteiger partial charge in [0.1, 0.15) is 4.83 Å². The van der Waals surface area contributed by atoms with Gasteiger partial charge in [-0.15, -0.1) is 11.3 Å². The second-order valence-electron chi connectivity index (χ2n) is 7.34. The van der Waals surface area contributed by atoms with Gasteiger partial charge in [-0.3, -0.25) is 14.2 Å². The van der Waals surface area contributed by atoms with Gasteiger partial charge < -0.3 is 10.2 Å². The van der Waals surface area contributed by atoms with Crippen molar-refractivity contribution < 1.29 is 4.79 Å². The molecule has 1 saturated heterocycles. The third kappa shape index (κ3) is 4.76. The molecular weight excluding hydrogens is 360 g/mol. The largest absolute Gasteiger partial charge is 0.351 e. The van der Waals surface area contributed by atoms with Gasteiger partial charge in [0.2, 0.25) is 0 Å². The SMILES string of the molecule is CCCCn1cnc2sc(C(=O)NCCCCN3CCCC3)c(C)c2c1=O. The summed E-state index contributed by atoms with van der Waals surface area (Å²) < 4.78 is 1.66. The Kier molecular flexibility index (Phi) is 7.01. The van der Waals surface area contributed by atoms with Crippen LogP contribution in [0.5, 0.6) is 0 Å². The van der Waals surface area contributed by atoms with E-state index in [1.165, 1.54) is 37.3 Å². The summed E-state index contributed by atoms with van der Waals surface area (Å²) in [5.74, 6) is -0.0869. The summed E-state index contributed by atoms with van der Waals surface area (Å²) >= 11 is 1.32. The van der Waals surface area contributed by atoms with Crippen LogP contribution in [0.2, 0.25) is 0 Å². The molecule has 1 fully saturated rings. The van der Waals surface area contributed by atoms with Crippen molar-refractivity contribution >= 4 is 27.5 Å². The van der Waals surface area contributed by atoms with E-state index in [-0.39, 0.29) is 11.5 Å². The molecule has 1 aliphatic rings. The molecule has 1 amide bonds. The van der Waals surface area contributed by atoms with E-state index in [4.69, 9.17) is 0 Å². The molecule has 3 rings (SSSR count). The number of carbonyl (C=O) groups excluding carboxylic acids is 1. The predicted octanol–water partition coefficient (Wildman–Crippen LogP) is 3.17. The number of aryl methyl sites for hydroxylation is 2. The number of nitrogens with zero attached hydrogens (tertiary/aromatic N) is 3. The predicted molar refractivity (Wildman–Crippen MR) is 111 cm³/mol. The van der Waals surface area contributed by atoms with Crippen molar-refractivity contribution in [1.82, 2.24) is 19.8 Å². The molecule has 3 heterocycles. The first-order valence-electron chi connectivity index (χ1n) is 10.1. The Balaban J connectivity index is 1.60. The minimum Gasteiger partial charge on any atom is -0.351 e. The summed E-state index contributed by atoms with van der Waals surface area (Å²) in [4.78, 5) is 33.5. The number of nitrogens with one attached hydrogen (secondary N) is 1. The summed E-state index contributed by atoms with van der Waals surface area (Å²) in [6.45, 7) is 8.86. The molecule has 0 bridgehead atoms. The molecule has 0 aliphatic carbocycles. The first-order chi connectivity index (χ1) is 13.1. The van der Waals surface area contributed by atoms with Crippen LogP contribution in [-0.4, -0.2) is 46.5 Å². The van der Waals surface area contributed by atoms with Crippen LogP contribution in [0, 0.1) is 6.92 Å². The standard InChI is InChI=1S/C20H30N4O2S/c1-3-4-13-24-14-22-19-16(20(24)26)15(2)17(27-19)18(25)21-9-5-6-10-23-11-7-8-12-23/h14H,3-13H2,1-2H3,(H,21,25). The van der Waals surface area contributed by atoms with Gasteiger partial charge in [0.05, 0.1) is 16.6 Å². The van der Waals surface area contributed by atoms with E-state index in [9.17, 15) is 9.59 Å². The zero-order chi connectivity index (χ0) is 19.2. The minimum absolute atomic E-state index is 0.0353. The van der Waals surface area contributed by atoms with Crippen molar-refractivity contribution in [2.75, 3.05) is 26.2 Å². The fourth-order valence-electron chi connectivity index (χ4n) is 3.61. The lowest BCUT2D eigenvalue weighted by atomic mass is 10.2. The van der Waals surface area contributed by atoms with Gasteiger partial charge in [0, 0.05) is 13.1 Å². The van der Waals surface area contributed by atoms with Crippen molar-refractivity contribution in [3.05, 3.63) is 27.1 Å². The molecule has 0 aromatic carbocycles. The van der Waals surface area contributed by atoms with Crippen molar-refractivity contribution in [3.63, 3.8) is 0 Å². The summed E-state index contributed by atoms with van der Waals surface area (Å²) in [5, 5.41) is 3.61. The van der Waals surface area contributed by atoms with Crippen molar-refractivity contribution in [1.29, 1.82) is 0 Å². The molecule has 0 saturated carbocycles. The van der Waals surface area contributed by atoms with E-state index >= 15 is 0 Å². The van der Waals surface area contributed by atoms with Gasteiger partial charge in [-0.25, -0.2) is 4.98 Å². The zero-order valence-corrected chi connectivity index (χ0v) is 17.2. The lowest BCUT2D eigenvalue weighted by molar-refractivity contribution is 0.0956. The van der Waals surface area contributed by atoms with Crippen LogP contribution in [0.4, 0.5) is 0 Å². The second-order valence-corrected chi connectivity index (χ2v) is 8.34. The van der Waals surface area contributed by atoms with E-state index in [1.807, 2.05) is 6.92 Å². The second kappa shape index (κ2) is 9.46. The van der Waals surface area contributed by atoms with Crippen LogP contribution in [-0.2, 0) is 6.54 Å². The minimum atomic E-state index is -0.0869. The highest BCUT2D eigenvalue weighted by atomic mass is 32.1. The Morgan fingerprint density at radius 3 is 2.74 bits per heavy atom. The first-order valence-corrected chi connectivity index (χ1v) is 10.9. The van der Waals surface area contributed by atoms with Crippen LogP contribution in [0.1, 0.15) is 60.7 Å². The third-order valence-electron chi connectivity index (χ3n) is 5.26. The molecule has 1 N–H and O–H groups in total. The Morgan fingerprint density at radius 2 is 2.00 bits per heavy atom. The molecule has 0 atom stereocenters. The van der Waals surface area contributed by atoms with Crippen LogP contribution >= 0.6 is 11.3 Å². The monoisotopic (exact) mass is 390 g/mol. The summed E-state index contributed by atoms with van der Waals surface area (Å²) in [6.07, 6.45) is 8.30. The smallest absolute Gasteiger partial charge is 0.262 e. The van der Waals surface area contributed by atoms with Gasteiger partial charge in [-0.2, -0.15) is 0 Å². The van der Waals surface area contributed by atoms with Gasteiger partial charge in [-0.1, -0.05) is 13.3 Å². The van der Waals surface area contributed by atoms with Crippen LogP contribution in [0.15, 0.2) is 11.1 Å². The van der Waals surface area contributed by atoms with Gasteiger partial charge in [0.15, 0.2) is 0 Å². The van der Waals surface area contributed by atoms with E-state index < -0.39 is 0 Å². The average molecular weight is 391 g/mol. The topological polar surface area (TPSA) is 67.2 Å². The fraction of sp³-hybridized carbons (Fsp3) is 0.650. The lowest BCUT2D eigenvalue weighted by Crippen LogP contribution is -2.26. The van der Waals surface area contributed by atoms with E-state index in [0.717, 1.165) is 37.8 Å². The Bertz CT molecular complexity index is 836. The molecule has 148 valence electrons. The first kappa shape index (κ1) is 20.0. The molecule has 0 unspecified atom stereocenters. The number of hydrogen-bond acceptors (Lipinski definition) is 5. The maximum Gasteiger partial charge on any atom is 0.262 e. The van der Waals surface area contributed by atoms with Gasteiger partial charge >= 0.3 is 0 Å². The molecule has 0 radical (unpaired) electrons. The van der Waals surface area contributed by atoms with Crippen LogP contribution < -0.4 is 10.9 Å².